The van der Waals surface area contributed by atoms with Crippen molar-refractivity contribution < 1.29 is 9.53 Å². The molecule has 4 aromatic rings. The van der Waals surface area contributed by atoms with Crippen LogP contribution in [0.25, 0.3) is 16.8 Å². The number of amidine groups is 1. The lowest BCUT2D eigenvalue weighted by Crippen LogP contribution is -2.19. The molecule has 4 nitrogen and oxygen atoms in total. The average molecular weight is 471 g/mol. The Morgan fingerprint density at radius 2 is 1.76 bits per heavy atom. The zero-order valence-electron chi connectivity index (χ0n) is 17.5. The Bertz CT molecular complexity index is 1410. The van der Waals surface area contributed by atoms with Crippen LogP contribution in [0.3, 0.4) is 0 Å². The Hall–Kier alpha value is -3.54. The predicted molar refractivity (Wildman–Crippen MR) is 137 cm³/mol. The fourth-order valence-electron chi connectivity index (χ4n) is 3.57. The summed E-state index contributed by atoms with van der Waals surface area (Å²) in [7, 11) is 0. The molecule has 1 aliphatic rings. The predicted octanol–water partition coefficient (Wildman–Crippen LogP) is 6.96. The lowest BCUT2D eigenvalue weighted by atomic mass is 10.1. The quantitative estimate of drug-likeness (QED) is 0.320. The van der Waals surface area contributed by atoms with Gasteiger partial charge in [-0.05, 0) is 70.1 Å². The number of benzene rings is 4. The highest BCUT2D eigenvalue weighted by Crippen LogP contribution is 2.29. The standard InChI is InChI=1S/C27H19ClN2O2S/c28-21-10-5-11-22(16-21)29-27-30-26(31)25(33-27)15-18-6-3-12-23(14-18)32-17-20-9-4-8-19-7-1-2-13-24(19)20/h1-16H,17H2,(H,29,30,31)/b25-15+. The molecule has 1 N–H and O–H groups in total. The first kappa shape index (κ1) is 21.3. The summed E-state index contributed by atoms with van der Waals surface area (Å²) in [5.41, 5.74) is 2.70. The summed E-state index contributed by atoms with van der Waals surface area (Å²) in [6, 6.07) is 29.4. The Kier molecular flexibility index (Phi) is 6.15. The van der Waals surface area contributed by atoms with E-state index in [9.17, 15) is 4.79 Å². The van der Waals surface area contributed by atoms with Gasteiger partial charge in [0.05, 0.1) is 10.6 Å². The van der Waals surface area contributed by atoms with E-state index < -0.39 is 0 Å². The number of nitrogens with one attached hydrogen (secondary N) is 1. The Labute approximate surface area is 201 Å². The van der Waals surface area contributed by atoms with Crippen molar-refractivity contribution in [3.05, 3.63) is 112 Å². The van der Waals surface area contributed by atoms with Crippen LogP contribution >= 0.6 is 23.4 Å². The first-order valence-electron chi connectivity index (χ1n) is 10.4. The zero-order valence-corrected chi connectivity index (χ0v) is 19.1. The number of hydrogen-bond acceptors (Lipinski definition) is 4. The lowest BCUT2D eigenvalue weighted by molar-refractivity contribution is -0.115. The molecule has 1 fully saturated rings. The Morgan fingerprint density at radius 3 is 2.67 bits per heavy atom. The normalized spacial score (nSPS) is 15.8. The van der Waals surface area contributed by atoms with Crippen molar-refractivity contribution in [2.24, 2.45) is 4.99 Å². The molecule has 0 radical (unpaired) electrons. The first-order valence-corrected chi connectivity index (χ1v) is 11.6. The second-order valence-electron chi connectivity index (χ2n) is 7.46. The third kappa shape index (κ3) is 5.11. The highest BCUT2D eigenvalue weighted by atomic mass is 35.5. The molecule has 1 aliphatic heterocycles. The van der Waals surface area contributed by atoms with Gasteiger partial charge in [0.2, 0.25) is 0 Å². The number of ether oxygens (including phenoxy) is 1. The van der Waals surface area contributed by atoms with E-state index in [-0.39, 0.29) is 5.91 Å². The first-order chi connectivity index (χ1) is 16.1. The van der Waals surface area contributed by atoms with Gasteiger partial charge < -0.3 is 10.1 Å². The molecule has 0 unspecified atom stereocenters. The fourth-order valence-corrected chi connectivity index (χ4v) is 4.59. The minimum Gasteiger partial charge on any atom is -0.489 e. The molecule has 5 rings (SSSR count). The minimum atomic E-state index is -0.178. The molecular formula is C27H19ClN2O2S. The van der Waals surface area contributed by atoms with Crippen LogP contribution < -0.4 is 10.1 Å². The van der Waals surface area contributed by atoms with Gasteiger partial charge in [0.25, 0.3) is 5.91 Å². The maximum absolute atomic E-state index is 12.4. The maximum atomic E-state index is 12.4. The second kappa shape index (κ2) is 9.53. The van der Waals surface area contributed by atoms with Crippen LogP contribution in [0, 0.1) is 0 Å². The van der Waals surface area contributed by atoms with Crippen molar-refractivity contribution in [3.8, 4) is 5.75 Å². The summed E-state index contributed by atoms with van der Waals surface area (Å²) in [5.74, 6) is 0.566. The van der Waals surface area contributed by atoms with Crippen molar-refractivity contribution in [1.82, 2.24) is 5.32 Å². The molecule has 4 aromatic carbocycles. The SMILES string of the molecule is O=C1NC(=Nc2cccc(Cl)c2)S/C1=C/c1cccc(OCc2cccc3ccccc23)c1. The van der Waals surface area contributed by atoms with Gasteiger partial charge in [-0.3, -0.25) is 4.79 Å². The van der Waals surface area contributed by atoms with Crippen molar-refractivity contribution in [2.75, 3.05) is 0 Å². The van der Waals surface area contributed by atoms with Crippen LogP contribution in [0.4, 0.5) is 5.69 Å². The van der Waals surface area contributed by atoms with Crippen LogP contribution in [0.5, 0.6) is 5.75 Å². The third-order valence-electron chi connectivity index (χ3n) is 5.12. The molecule has 162 valence electrons. The topological polar surface area (TPSA) is 50.7 Å². The highest BCUT2D eigenvalue weighted by molar-refractivity contribution is 8.18. The molecule has 1 saturated heterocycles. The van der Waals surface area contributed by atoms with Gasteiger partial charge in [-0.25, -0.2) is 4.99 Å². The minimum absolute atomic E-state index is 0.178. The molecule has 0 aliphatic carbocycles. The van der Waals surface area contributed by atoms with Crippen molar-refractivity contribution >= 4 is 57.0 Å². The number of carbonyl (C=O) groups is 1. The molecule has 1 amide bonds. The molecule has 0 bridgehead atoms. The van der Waals surface area contributed by atoms with E-state index in [0.717, 1.165) is 16.9 Å². The monoisotopic (exact) mass is 470 g/mol. The van der Waals surface area contributed by atoms with E-state index in [2.05, 4.69) is 34.6 Å². The second-order valence-corrected chi connectivity index (χ2v) is 8.93. The van der Waals surface area contributed by atoms with E-state index in [1.165, 1.54) is 22.5 Å². The van der Waals surface area contributed by atoms with Crippen molar-refractivity contribution in [1.29, 1.82) is 0 Å². The number of aliphatic imine (C=N–C) groups is 1. The molecular weight excluding hydrogens is 452 g/mol. The van der Waals surface area contributed by atoms with Crippen LogP contribution in [-0.2, 0) is 11.4 Å². The van der Waals surface area contributed by atoms with Crippen molar-refractivity contribution in [2.45, 2.75) is 6.61 Å². The van der Waals surface area contributed by atoms with Gasteiger partial charge in [0, 0.05) is 5.02 Å². The van der Waals surface area contributed by atoms with Gasteiger partial charge in [0.1, 0.15) is 12.4 Å². The summed E-state index contributed by atoms with van der Waals surface area (Å²) < 4.78 is 6.07. The number of nitrogens with zero attached hydrogens (tertiary/aromatic N) is 1. The number of thioether (sulfide) groups is 1. The summed E-state index contributed by atoms with van der Waals surface area (Å²) in [4.78, 5) is 17.5. The van der Waals surface area contributed by atoms with Crippen LogP contribution in [-0.4, -0.2) is 11.1 Å². The number of rotatable bonds is 5. The van der Waals surface area contributed by atoms with E-state index in [1.807, 2.05) is 60.7 Å². The van der Waals surface area contributed by atoms with Gasteiger partial charge >= 0.3 is 0 Å². The fraction of sp³-hybridized carbons (Fsp3) is 0.0370. The highest BCUT2D eigenvalue weighted by Gasteiger charge is 2.23. The average Bonchev–Trinajstić information content (AvgIpc) is 3.16. The van der Waals surface area contributed by atoms with Crippen molar-refractivity contribution in [3.63, 3.8) is 0 Å². The summed E-state index contributed by atoms with van der Waals surface area (Å²) in [5, 5.41) is 6.30. The maximum Gasteiger partial charge on any atom is 0.264 e. The van der Waals surface area contributed by atoms with E-state index >= 15 is 0 Å². The van der Waals surface area contributed by atoms with Crippen LogP contribution in [0.15, 0.2) is 101 Å². The van der Waals surface area contributed by atoms with Gasteiger partial charge in [0.15, 0.2) is 5.17 Å². The summed E-state index contributed by atoms with van der Waals surface area (Å²) >= 11 is 7.31. The molecule has 1 heterocycles. The molecule has 6 heteroatoms. The summed E-state index contributed by atoms with van der Waals surface area (Å²) in [6.07, 6.45) is 1.84. The lowest BCUT2D eigenvalue weighted by Gasteiger charge is -2.09. The van der Waals surface area contributed by atoms with Crippen LogP contribution in [0.2, 0.25) is 5.02 Å². The van der Waals surface area contributed by atoms with Gasteiger partial charge in [-0.1, -0.05) is 72.3 Å². The van der Waals surface area contributed by atoms with E-state index in [0.29, 0.717) is 27.4 Å². The van der Waals surface area contributed by atoms with Gasteiger partial charge in [-0.2, -0.15) is 0 Å². The molecule has 0 spiro atoms. The molecule has 0 saturated carbocycles. The summed E-state index contributed by atoms with van der Waals surface area (Å²) in [6.45, 7) is 0.465. The Balaban J connectivity index is 1.31. The molecule has 0 aromatic heterocycles. The number of carbonyl (C=O) groups excluding carboxylic acids is 1. The number of fused-ring (bicyclic) bond motifs is 1. The van der Waals surface area contributed by atoms with Gasteiger partial charge in [-0.15, -0.1) is 0 Å². The smallest absolute Gasteiger partial charge is 0.264 e. The zero-order chi connectivity index (χ0) is 22.6. The van der Waals surface area contributed by atoms with E-state index in [1.54, 1.807) is 12.1 Å². The number of amides is 1. The third-order valence-corrected chi connectivity index (χ3v) is 6.26. The molecule has 33 heavy (non-hydrogen) atoms. The largest absolute Gasteiger partial charge is 0.489 e. The Morgan fingerprint density at radius 1 is 0.939 bits per heavy atom. The molecule has 0 atom stereocenters. The number of halogens is 1. The number of hydrogen-bond donors (Lipinski definition) is 1. The van der Waals surface area contributed by atoms with Crippen LogP contribution in [0.1, 0.15) is 11.1 Å². The van der Waals surface area contributed by atoms with E-state index in [4.69, 9.17) is 16.3 Å².